The van der Waals surface area contributed by atoms with E-state index >= 15 is 0 Å². The third-order valence-corrected chi connectivity index (χ3v) is 3.75. The number of hydrogen-bond donors (Lipinski definition) is 3. The Hall–Kier alpha value is -2.89. The van der Waals surface area contributed by atoms with Crippen LogP contribution in [0.2, 0.25) is 0 Å². The van der Waals surface area contributed by atoms with Crippen LogP contribution in [0.4, 0.5) is 0 Å². The van der Waals surface area contributed by atoms with Crippen molar-refractivity contribution < 1.29 is 15.0 Å². The summed E-state index contributed by atoms with van der Waals surface area (Å²) in [5.41, 5.74) is 4.41. The molecule has 3 rings (SSSR count). The maximum atomic E-state index is 10.6. The van der Waals surface area contributed by atoms with Crippen LogP contribution in [0.15, 0.2) is 36.7 Å². The lowest BCUT2D eigenvalue weighted by Crippen LogP contribution is -1.95. The quantitative estimate of drug-likeness (QED) is 0.607. The van der Waals surface area contributed by atoms with E-state index in [2.05, 4.69) is 15.0 Å². The molecule has 0 aliphatic carbocycles. The number of aliphatic carboxylic acids is 1. The fourth-order valence-electron chi connectivity index (χ4n) is 2.66. The van der Waals surface area contributed by atoms with Crippen molar-refractivity contribution in [1.82, 2.24) is 15.0 Å². The Balaban J connectivity index is 1.94. The number of nitrogens with one attached hydrogen (secondary N) is 1. The van der Waals surface area contributed by atoms with Crippen LogP contribution in [0.5, 0.6) is 5.75 Å². The summed E-state index contributed by atoms with van der Waals surface area (Å²) in [5, 5.41) is 18.2. The van der Waals surface area contributed by atoms with E-state index in [1.165, 1.54) is 0 Å². The zero-order chi connectivity index (χ0) is 16.2. The number of hydrogen-bond acceptors (Lipinski definition) is 4. The van der Waals surface area contributed by atoms with Crippen molar-refractivity contribution in [2.45, 2.75) is 25.7 Å². The Morgan fingerprint density at radius 2 is 1.83 bits per heavy atom. The largest absolute Gasteiger partial charge is 0.508 e. The molecule has 3 aromatic rings. The number of phenolic OH excluding ortho intramolecular Hbond substituents is 1. The van der Waals surface area contributed by atoms with Crippen LogP contribution in [0.25, 0.3) is 22.4 Å². The first kappa shape index (κ1) is 15.0. The fourth-order valence-corrected chi connectivity index (χ4v) is 2.66. The molecule has 1 aromatic carbocycles. The number of aryl methyl sites for hydroxylation is 1. The van der Waals surface area contributed by atoms with Crippen LogP contribution in [0, 0.1) is 0 Å². The molecule has 0 bridgehead atoms. The van der Waals surface area contributed by atoms with E-state index in [0.29, 0.717) is 12.1 Å². The molecule has 0 radical (unpaired) electrons. The number of phenols is 1. The lowest BCUT2D eigenvalue weighted by Gasteiger charge is -2.05. The minimum absolute atomic E-state index is 0.169. The molecule has 0 saturated carbocycles. The molecule has 3 N–H and O–H groups in total. The van der Waals surface area contributed by atoms with Gasteiger partial charge in [-0.3, -0.25) is 9.78 Å². The van der Waals surface area contributed by atoms with E-state index in [9.17, 15) is 9.90 Å². The van der Waals surface area contributed by atoms with Crippen LogP contribution in [-0.4, -0.2) is 31.1 Å². The normalized spacial score (nSPS) is 11.0. The Bertz CT molecular complexity index is 825. The molecule has 23 heavy (non-hydrogen) atoms. The number of carbonyl (C=O) groups is 1. The minimum atomic E-state index is -0.775. The maximum Gasteiger partial charge on any atom is 0.303 e. The van der Waals surface area contributed by atoms with Gasteiger partial charge in [-0.15, -0.1) is 0 Å². The minimum Gasteiger partial charge on any atom is -0.508 e. The lowest BCUT2D eigenvalue weighted by molar-refractivity contribution is -0.137. The molecule has 0 atom stereocenters. The van der Waals surface area contributed by atoms with Crippen LogP contribution >= 0.6 is 0 Å². The molecule has 0 amide bonds. The molecule has 0 fully saturated rings. The highest BCUT2D eigenvalue weighted by atomic mass is 16.4. The van der Waals surface area contributed by atoms with Crippen LogP contribution in [-0.2, 0) is 11.2 Å². The summed E-state index contributed by atoms with van der Waals surface area (Å²) in [4.78, 5) is 22.6. The number of carboxylic acids is 1. The zero-order valence-electron chi connectivity index (χ0n) is 12.5. The van der Waals surface area contributed by atoms with E-state index in [4.69, 9.17) is 5.11 Å². The van der Waals surface area contributed by atoms with Crippen LogP contribution in [0.1, 0.15) is 24.8 Å². The van der Waals surface area contributed by atoms with Crippen molar-refractivity contribution in [3.8, 4) is 17.0 Å². The van der Waals surface area contributed by atoms with E-state index in [1.54, 1.807) is 24.5 Å². The van der Waals surface area contributed by atoms with E-state index in [1.807, 2.05) is 12.1 Å². The number of unbranched alkanes of at least 4 members (excludes halogenated alkanes) is 1. The molecule has 0 spiro atoms. The molecule has 2 aromatic heterocycles. The second-order valence-electron chi connectivity index (χ2n) is 5.38. The van der Waals surface area contributed by atoms with Gasteiger partial charge in [0.1, 0.15) is 11.3 Å². The first-order chi connectivity index (χ1) is 11.1. The van der Waals surface area contributed by atoms with E-state index < -0.39 is 5.97 Å². The number of fused-ring (bicyclic) bond motifs is 1. The van der Waals surface area contributed by atoms with Crippen molar-refractivity contribution in [3.05, 3.63) is 42.2 Å². The van der Waals surface area contributed by atoms with Gasteiger partial charge in [0.2, 0.25) is 0 Å². The maximum absolute atomic E-state index is 10.6. The molecular formula is C17H17N3O3. The number of aromatic hydroxyl groups is 1. The highest BCUT2D eigenvalue weighted by Crippen LogP contribution is 2.30. The first-order valence-electron chi connectivity index (χ1n) is 7.48. The molecular weight excluding hydrogens is 294 g/mol. The number of aromatic nitrogens is 3. The lowest BCUT2D eigenvalue weighted by atomic mass is 10.0. The predicted molar refractivity (Wildman–Crippen MR) is 86.2 cm³/mol. The summed E-state index contributed by atoms with van der Waals surface area (Å²) in [7, 11) is 0. The monoisotopic (exact) mass is 311 g/mol. The molecule has 0 aliphatic heterocycles. The highest BCUT2D eigenvalue weighted by molar-refractivity contribution is 5.85. The van der Waals surface area contributed by atoms with Crippen molar-refractivity contribution in [1.29, 1.82) is 0 Å². The predicted octanol–water partition coefficient (Wildman–Crippen LogP) is 3.13. The summed E-state index contributed by atoms with van der Waals surface area (Å²) in [6.45, 7) is 0. The second-order valence-corrected chi connectivity index (χ2v) is 5.38. The summed E-state index contributed by atoms with van der Waals surface area (Å²) >= 11 is 0. The molecule has 0 saturated heterocycles. The van der Waals surface area contributed by atoms with Crippen molar-refractivity contribution in [2.24, 2.45) is 0 Å². The van der Waals surface area contributed by atoms with Gasteiger partial charge in [-0.1, -0.05) is 0 Å². The molecule has 6 nitrogen and oxygen atoms in total. The second kappa shape index (κ2) is 6.48. The standard InChI is InChI=1S/C17H17N3O3/c21-12-7-5-11(6-8-12)15-13(3-1-2-4-14(22)23)16-17(20-15)19-10-9-18-16/h5-10,21H,1-4H2,(H,19,20)(H,22,23). The van der Waals surface area contributed by atoms with Gasteiger partial charge in [0, 0.05) is 24.4 Å². The van der Waals surface area contributed by atoms with E-state index in [0.717, 1.165) is 35.2 Å². The molecule has 0 aliphatic rings. The SMILES string of the molecule is O=C(O)CCCCc1c(-c2ccc(O)cc2)[nH]c2nccnc12. The van der Waals surface area contributed by atoms with Gasteiger partial charge in [-0.2, -0.15) is 0 Å². The average Bonchev–Trinajstić information content (AvgIpc) is 2.91. The summed E-state index contributed by atoms with van der Waals surface area (Å²) in [6, 6.07) is 6.94. The van der Waals surface area contributed by atoms with Crippen LogP contribution in [0.3, 0.4) is 0 Å². The third kappa shape index (κ3) is 3.31. The highest BCUT2D eigenvalue weighted by Gasteiger charge is 2.15. The van der Waals surface area contributed by atoms with Gasteiger partial charge in [-0.05, 0) is 49.1 Å². The van der Waals surface area contributed by atoms with E-state index in [-0.39, 0.29) is 12.2 Å². The number of carboxylic acid groups (broad SMARTS) is 1. The summed E-state index contributed by atoms with van der Waals surface area (Å²) in [5.74, 6) is -0.563. The summed E-state index contributed by atoms with van der Waals surface area (Å²) in [6.07, 6.45) is 5.56. The van der Waals surface area contributed by atoms with Crippen molar-refractivity contribution >= 4 is 17.1 Å². The number of nitrogens with zero attached hydrogens (tertiary/aromatic N) is 2. The Morgan fingerprint density at radius 1 is 1.09 bits per heavy atom. The Labute approximate surface area is 132 Å². The van der Waals surface area contributed by atoms with Gasteiger partial charge in [0.15, 0.2) is 5.65 Å². The van der Waals surface area contributed by atoms with Crippen molar-refractivity contribution in [2.75, 3.05) is 0 Å². The number of aromatic amines is 1. The number of benzene rings is 1. The molecule has 2 heterocycles. The zero-order valence-corrected chi connectivity index (χ0v) is 12.5. The average molecular weight is 311 g/mol. The van der Waals surface area contributed by atoms with Gasteiger partial charge >= 0.3 is 5.97 Å². The molecule has 0 unspecified atom stereocenters. The first-order valence-corrected chi connectivity index (χ1v) is 7.48. The van der Waals surface area contributed by atoms with Gasteiger partial charge in [0.25, 0.3) is 0 Å². The number of rotatable bonds is 6. The smallest absolute Gasteiger partial charge is 0.303 e. The molecule has 118 valence electrons. The molecule has 6 heteroatoms. The third-order valence-electron chi connectivity index (χ3n) is 3.75. The fraction of sp³-hybridized carbons (Fsp3) is 0.235. The topological polar surface area (TPSA) is 99.1 Å². The Morgan fingerprint density at radius 3 is 2.57 bits per heavy atom. The van der Waals surface area contributed by atoms with Crippen molar-refractivity contribution in [3.63, 3.8) is 0 Å². The summed E-state index contributed by atoms with van der Waals surface area (Å²) < 4.78 is 0. The van der Waals surface area contributed by atoms with Gasteiger partial charge < -0.3 is 15.2 Å². The van der Waals surface area contributed by atoms with Gasteiger partial charge in [0.05, 0.1) is 5.69 Å². The number of H-pyrrole nitrogens is 1. The Kier molecular flexibility index (Phi) is 4.23. The van der Waals surface area contributed by atoms with Crippen LogP contribution < -0.4 is 0 Å². The van der Waals surface area contributed by atoms with Gasteiger partial charge in [-0.25, -0.2) is 4.98 Å².